The fourth-order valence-electron chi connectivity index (χ4n) is 2.39. The lowest BCUT2D eigenvalue weighted by Crippen LogP contribution is -2.20. The molecule has 1 amide bonds. The molecule has 0 spiro atoms. The quantitative estimate of drug-likeness (QED) is 0.845. The van der Waals surface area contributed by atoms with Crippen LogP contribution in [0.5, 0.6) is 0 Å². The zero-order chi connectivity index (χ0) is 15.1. The molecule has 1 aliphatic carbocycles. The second-order valence-corrected chi connectivity index (χ2v) is 5.12. The Balaban J connectivity index is 1.81. The van der Waals surface area contributed by atoms with Crippen LogP contribution in [0.2, 0.25) is 0 Å². The molecule has 0 bridgehead atoms. The standard InChI is InChI=1S/C16H21NO4/c1-2-20-15(18)11-12-7-9-13(10-8-12)17-16(19)21-14-5-3-4-6-14/h7-10,14H,2-6,11H2,1H3,(H,17,19). The molecule has 0 radical (unpaired) electrons. The van der Waals surface area contributed by atoms with Crippen molar-refractivity contribution < 1.29 is 19.1 Å². The minimum atomic E-state index is -0.417. The van der Waals surface area contributed by atoms with E-state index in [1.54, 1.807) is 31.2 Å². The normalized spacial score (nSPS) is 14.7. The number of anilines is 1. The summed E-state index contributed by atoms with van der Waals surface area (Å²) in [4.78, 5) is 23.1. The van der Waals surface area contributed by atoms with E-state index in [0.717, 1.165) is 31.2 Å². The van der Waals surface area contributed by atoms with Gasteiger partial charge in [0.1, 0.15) is 6.10 Å². The van der Waals surface area contributed by atoms with Crippen molar-refractivity contribution in [2.75, 3.05) is 11.9 Å². The summed E-state index contributed by atoms with van der Waals surface area (Å²) < 4.78 is 10.2. The lowest BCUT2D eigenvalue weighted by Gasteiger charge is -2.12. The molecule has 0 aromatic heterocycles. The van der Waals surface area contributed by atoms with Crippen LogP contribution in [0.15, 0.2) is 24.3 Å². The molecule has 5 nitrogen and oxygen atoms in total. The Morgan fingerprint density at radius 3 is 2.48 bits per heavy atom. The summed E-state index contributed by atoms with van der Waals surface area (Å²) >= 11 is 0. The maximum absolute atomic E-state index is 11.7. The van der Waals surface area contributed by atoms with E-state index in [2.05, 4.69) is 5.32 Å². The van der Waals surface area contributed by atoms with E-state index in [-0.39, 0.29) is 18.5 Å². The summed E-state index contributed by atoms with van der Waals surface area (Å²) in [5, 5.41) is 2.70. The minimum absolute atomic E-state index is 0.0492. The minimum Gasteiger partial charge on any atom is -0.466 e. The monoisotopic (exact) mass is 291 g/mol. The number of ether oxygens (including phenoxy) is 2. The summed E-state index contributed by atoms with van der Waals surface area (Å²) in [5.41, 5.74) is 1.51. The molecule has 0 atom stereocenters. The largest absolute Gasteiger partial charge is 0.466 e. The molecule has 1 aromatic carbocycles. The van der Waals surface area contributed by atoms with Crippen LogP contribution in [0.25, 0.3) is 0 Å². The zero-order valence-corrected chi connectivity index (χ0v) is 12.3. The van der Waals surface area contributed by atoms with E-state index in [1.807, 2.05) is 0 Å². The van der Waals surface area contributed by atoms with Gasteiger partial charge in [0.2, 0.25) is 0 Å². The van der Waals surface area contributed by atoms with Crippen LogP contribution in [-0.4, -0.2) is 24.8 Å². The molecule has 1 N–H and O–H groups in total. The highest BCUT2D eigenvalue weighted by Gasteiger charge is 2.19. The average Bonchev–Trinajstić information content (AvgIpc) is 2.94. The zero-order valence-electron chi connectivity index (χ0n) is 12.3. The SMILES string of the molecule is CCOC(=O)Cc1ccc(NC(=O)OC2CCCC2)cc1. The smallest absolute Gasteiger partial charge is 0.411 e. The molecule has 0 unspecified atom stereocenters. The Morgan fingerprint density at radius 1 is 1.19 bits per heavy atom. The predicted molar refractivity (Wildman–Crippen MR) is 79.1 cm³/mol. The predicted octanol–water partition coefficient (Wildman–Crippen LogP) is 3.28. The van der Waals surface area contributed by atoms with Crippen molar-refractivity contribution in [3.05, 3.63) is 29.8 Å². The molecule has 21 heavy (non-hydrogen) atoms. The highest BCUT2D eigenvalue weighted by Crippen LogP contribution is 2.21. The number of carbonyl (C=O) groups is 2. The van der Waals surface area contributed by atoms with E-state index < -0.39 is 6.09 Å². The van der Waals surface area contributed by atoms with Gasteiger partial charge in [-0.2, -0.15) is 0 Å². The number of hydrogen-bond acceptors (Lipinski definition) is 4. The highest BCUT2D eigenvalue weighted by molar-refractivity contribution is 5.84. The second-order valence-electron chi connectivity index (χ2n) is 5.12. The third kappa shape index (κ3) is 5.10. The average molecular weight is 291 g/mol. The lowest BCUT2D eigenvalue weighted by atomic mass is 10.1. The van der Waals surface area contributed by atoms with Gasteiger partial charge in [0.05, 0.1) is 13.0 Å². The van der Waals surface area contributed by atoms with Crippen LogP contribution in [0.4, 0.5) is 10.5 Å². The van der Waals surface area contributed by atoms with Crippen LogP contribution in [0.1, 0.15) is 38.2 Å². The summed E-state index contributed by atoms with van der Waals surface area (Å²) in [6.07, 6.45) is 4.02. The number of nitrogens with one attached hydrogen (secondary N) is 1. The van der Waals surface area contributed by atoms with E-state index in [0.29, 0.717) is 12.3 Å². The van der Waals surface area contributed by atoms with E-state index >= 15 is 0 Å². The van der Waals surface area contributed by atoms with Gasteiger partial charge in [-0.15, -0.1) is 0 Å². The molecule has 1 aliphatic rings. The van der Waals surface area contributed by atoms with Crippen LogP contribution in [-0.2, 0) is 20.7 Å². The van der Waals surface area contributed by atoms with Crippen LogP contribution >= 0.6 is 0 Å². The van der Waals surface area contributed by atoms with Crippen molar-refractivity contribution in [1.29, 1.82) is 0 Å². The fourth-order valence-corrected chi connectivity index (χ4v) is 2.39. The Bertz CT molecular complexity index is 478. The molecule has 5 heteroatoms. The van der Waals surface area contributed by atoms with E-state index in [4.69, 9.17) is 9.47 Å². The van der Waals surface area contributed by atoms with Crippen LogP contribution in [0, 0.1) is 0 Å². The molecule has 0 saturated heterocycles. The van der Waals surface area contributed by atoms with Gasteiger partial charge in [-0.1, -0.05) is 12.1 Å². The van der Waals surface area contributed by atoms with Crippen molar-refractivity contribution in [2.45, 2.75) is 45.1 Å². The number of rotatable bonds is 5. The first-order valence-electron chi connectivity index (χ1n) is 7.39. The second kappa shape index (κ2) is 7.67. The Hall–Kier alpha value is -2.04. The third-order valence-corrected chi connectivity index (χ3v) is 3.43. The topological polar surface area (TPSA) is 64.6 Å². The molecular weight excluding hydrogens is 270 g/mol. The fraction of sp³-hybridized carbons (Fsp3) is 0.500. The first kappa shape index (κ1) is 15.4. The molecule has 2 rings (SSSR count). The number of carbonyl (C=O) groups excluding carboxylic acids is 2. The summed E-state index contributed by atoms with van der Waals surface area (Å²) in [7, 11) is 0. The molecule has 1 fully saturated rings. The molecule has 0 aliphatic heterocycles. The van der Waals surface area contributed by atoms with Gasteiger partial charge >= 0.3 is 12.1 Å². The van der Waals surface area contributed by atoms with Gasteiger partial charge in [0.25, 0.3) is 0 Å². The molecule has 0 heterocycles. The maximum Gasteiger partial charge on any atom is 0.411 e. The van der Waals surface area contributed by atoms with Crippen LogP contribution < -0.4 is 5.32 Å². The van der Waals surface area contributed by atoms with Gasteiger partial charge < -0.3 is 9.47 Å². The highest BCUT2D eigenvalue weighted by atomic mass is 16.6. The number of amides is 1. The maximum atomic E-state index is 11.7. The first-order chi connectivity index (χ1) is 10.2. The summed E-state index contributed by atoms with van der Waals surface area (Å²) in [6, 6.07) is 7.10. The first-order valence-corrected chi connectivity index (χ1v) is 7.39. The van der Waals surface area contributed by atoms with Gasteiger partial charge in [0, 0.05) is 5.69 Å². The molecular formula is C16H21NO4. The number of esters is 1. The van der Waals surface area contributed by atoms with E-state index in [1.165, 1.54) is 0 Å². The summed E-state index contributed by atoms with van der Waals surface area (Å²) in [6.45, 7) is 2.16. The lowest BCUT2D eigenvalue weighted by molar-refractivity contribution is -0.142. The Labute approximate surface area is 124 Å². The van der Waals surface area contributed by atoms with Gasteiger partial charge in [-0.3, -0.25) is 10.1 Å². The van der Waals surface area contributed by atoms with Crippen molar-refractivity contribution in [2.24, 2.45) is 0 Å². The van der Waals surface area contributed by atoms with Crippen molar-refractivity contribution in [3.8, 4) is 0 Å². The Kier molecular flexibility index (Phi) is 5.60. The summed E-state index contributed by atoms with van der Waals surface area (Å²) in [5.74, 6) is -0.251. The Morgan fingerprint density at radius 2 is 1.86 bits per heavy atom. The van der Waals surface area contributed by atoms with Crippen molar-refractivity contribution in [1.82, 2.24) is 0 Å². The van der Waals surface area contributed by atoms with E-state index in [9.17, 15) is 9.59 Å². The molecule has 1 saturated carbocycles. The van der Waals surface area contributed by atoms with Crippen LogP contribution in [0.3, 0.4) is 0 Å². The van der Waals surface area contributed by atoms with Gasteiger partial charge in [-0.25, -0.2) is 4.79 Å². The molecule has 114 valence electrons. The number of hydrogen-bond donors (Lipinski definition) is 1. The van der Waals surface area contributed by atoms with Crippen molar-refractivity contribution in [3.63, 3.8) is 0 Å². The molecule has 1 aromatic rings. The van der Waals surface area contributed by atoms with Gasteiger partial charge in [0.15, 0.2) is 0 Å². The van der Waals surface area contributed by atoms with Gasteiger partial charge in [-0.05, 0) is 50.3 Å². The third-order valence-electron chi connectivity index (χ3n) is 3.43. The number of benzene rings is 1. The van der Waals surface area contributed by atoms with Crippen molar-refractivity contribution >= 4 is 17.7 Å².